The fourth-order valence-corrected chi connectivity index (χ4v) is 2.24. The first-order valence-corrected chi connectivity index (χ1v) is 6.74. The number of carbonyl (C=O) groups excluding carboxylic acids is 1. The zero-order valence-corrected chi connectivity index (χ0v) is 11.7. The van der Waals surface area contributed by atoms with Crippen molar-refractivity contribution in [1.82, 2.24) is 5.32 Å². The van der Waals surface area contributed by atoms with Crippen molar-refractivity contribution in [3.63, 3.8) is 0 Å². The largest absolute Gasteiger partial charge is 0.481 e. The van der Waals surface area contributed by atoms with E-state index in [0.717, 1.165) is 12.8 Å². The van der Waals surface area contributed by atoms with E-state index in [2.05, 4.69) is 19.2 Å². The number of rotatable bonds is 7. The van der Waals surface area contributed by atoms with Gasteiger partial charge in [-0.2, -0.15) is 0 Å². The number of carbonyl (C=O) groups is 2. The molecule has 108 valence electrons. The molecule has 0 aromatic carbocycles. The number of aliphatic carboxylic acids is 1. The second kappa shape index (κ2) is 6.70. The first-order valence-electron chi connectivity index (χ1n) is 6.74. The summed E-state index contributed by atoms with van der Waals surface area (Å²) in [6.07, 6.45) is 6.00. The highest BCUT2D eigenvalue weighted by Crippen LogP contribution is 2.26. The van der Waals surface area contributed by atoms with Gasteiger partial charge in [0.25, 0.3) is 0 Å². The van der Waals surface area contributed by atoms with Crippen molar-refractivity contribution < 1.29 is 14.7 Å². The van der Waals surface area contributed by atoms with E-state index in [0.29, 0.717) is 19.4 Å². The van der Waals surface area contributed by atoms with Crippen LogP contribution in [-0.4, -0.2) is 29.6 Å². The summed E-state index contributed by atoms with van der Waals surface area (Å²) in [5.74, 6) is -1.33. The average molecular weight is 268 g/mol. The van der Waals surface area contributed by atoms with Gasteiger partial charge in [-0.15, -0.1) is 0 Å². The highest BCUT2D eigenvalue weighted by atomic mass is 16.4. The topological polar surface area (TPSA) is 92.4 Å². The Morgan fingerprint density at radius 2 is 2.05 bits per heavy atom. The summed E-state index contributed by atoms with van der Waals surface area (Å²) in [6, 6.07) is -0.147. The Morgan fingerprint density at radius 3 is 2.58 bits per heavy atom. The van der Waals surface area contributed by atoms with E-state index in [9.17, 15) is 9.59 Å². The van der Waals surface area contributed by atoms with Gasteiger partial charge in [-0.3, -0.25) is 9.59 Å². The van der Waals surface area contributed by atoms with E-state index >= 15 is 0 Å². The maximum Gasteiger partial charge on any atom is 0.310 e. The summed E-state index contributed by atoms with van der Waals surface area (Å²) in [6.45, 7) is 4.83. The second-order valence-electron chi connectivity index (χ2n) is 5.94. The monoisotopic (exact) mass is 268 g/mol. The van der Waals surface area contributed by atoms with E-state index in [1.165, 1.54) is 0 Å². The maximum atomic E-state index is 11.8. The molecule has 5 heteroatoms. The molecule has 0 spiro atoms. The molecule has 2 atom stereocenters. The van der Waals surface area contributed by atoms with Gasteiger partial charge >= 0.3 is 5.97 Å². The van der Waals surface area contributed by atoms with Crippen molar-refractivity contribution in [1.29, 1.82) is 0 Å². The van der Waals surface area contributed by atoms with Gasteiger partial charge in [0.05, 0.1) is 5.92 Å². The molecular formula is C14H24N2O3. The maximum absolute atomic E-state index is 11.8. The lowest BCUT2D eigenvalue weighted by Crippen LogP contribution is -2.34. The molecule has 2 unspecified atom stereocenters. The van der Waals surface area contributed by atoms with Crippen LogP contribution in [0.15, 0.2) is 12.2 Å². The Labute approximate surface area is 114 Å². The molecule has 1 rings (SSSR count). The predicted molar refractivity (Wildman–Crippen MR) is 73.5 cm³/mol. The van der Waals surface area contributed by atoms with Crippen LogP contribution in [0.2, 0.25) is 0 Å². The Hall–Kier alpha value is -1.36. The molecule has 0 aromatic rings. The predicted octanol–water partition coefficient (Wildman–Crippen LogP) is 1.29. The molecule has 1 aliphatic carbocycles. The van der Waals surface area contributed by atoms with Crippen LogP contribution in [0.5, 0.6) is 0 Å². The Morgan fingerprint density at radius 1 is 1.37 bits per heavy atom. The Bertz CT molecular complexity index is 364. The van der Waals surface area contributed by atoms with Gasteiger partial charge in [0, 0.05) is 12.5 Å². The summed E-state index contributed by atoms with van der Waals surface area (Å²) in [5.41, 5.74) is 5.60. The van der Waals surface area contributed by atoms with Gasteiger partial charge < -0.3 is 16.2 Å². The fraction of sp³-hybridized carbons (Fsp3) is 0.714. The third kappa shape index (κ3) is 5.42. The molecule has 0 bridgehead atoms. The second-order valence-corrected chi connectivity index (χ2v) is 5.94. The van der Waals surface area contributed by atoms with Gasteiger partial charge in [-0.05, 0) is 31.2 Å². The number of nitrogens with two attached hydrogens (primary N) is 1. The van der Waals surface area contributed by atoms with Crippen molar-refractivity contribution >= 4 is 11.9 Å². The normalized spacial score (nSPS) is 22.5. The number of nitrogens with one attached hydrogen (secondary N) is 1. The van der Waals surface area contributed by atoms with Crippen LogP contribution in [-0.2, 0) is 9.59 Å². The molecular weight excluding hydrogens is 244 g/mol. The third-order valence-corrected chi connectivity index (χ3v) is 3.60. The molecule has 0 aromatic heterocycles. The molecule has 5 nitrogen and oxygen atoms in total. The van der Waals surface area contributed by atoms with Crippen molar-refractivity contribution in [2.75, 3.05) is 6.54 Å². The van der Waals surface area contributed by atoms with Crippen molar-refractivity contribution in [2.45, 2.75) is 45.6 Å². The highest BCUT2D eigenvalue weighted by Gasteiger charge is 2.26. The Kier molecular flexibility index (Phi) is 5.54. The van der Waals surface area contributed by atoms with Gasteiger partial charge in [-0.25, -0.2) is 0 Å². The lowest BCUT2D eigenvalue weighted by atomic mass is 9.84. The van der Waals surface area contributed by atoms with E-state index in [1.54, 1.807) is 12.2 Å². The average Bonchev–Trinajstić information content (AvgIpc) is 2.75. The summed E-state index contributed by atoms with van der Waals surface area (Å²) < 4.78 is 0. The van der Waals surface area contributed by atoms with E-state index in [-0.39, 0.29) is 17.4 Å². The lowest BCUT2D eigenvalue weighted by Gasteiger charge is -2.23. The van der Waals surface area contributed by atoms with Crippen LogP contribution in [0.3, 0.4) is 0 Å². The molecule has 0 saturated carbocycles. The molecule has 0 radical (unpaired) electrons. The molecule has 0 saturated heterocycles. The van der Waals surface area contributed by atoms with E-state index in [4.69, 9.17) is 10.8 Å². The third-order valence-electron chi connectivity index (χ3n) is 3.60. The minimum absolute atomic E-state index is 0.0224. The first kappa shape index (κ1) is 15.7. The molecule has 4 N–H and O–H groups in total. The van der Waals surface area contributed by atoms with Gasteiger partial charge in [0.1, 0.15) is 0 Å². The highest BCUT2D eigenvalue weighted by molar-refractivity contribution is 5.77. The number of hydrogen-bond acceptors (Lipinski definition) is 3. The SMILES string of the molecule is CC(C)(CCN)CCC(=O)NC1C=CC(C(=O)O)C1. The van der Waals surface area contributed by atoms with Crippen molar-refractivity contribution in [3.05, 3.63) is 12.2 Å². The number of hydrogen-bond donors (Lipinski definition) is 3. The van der Waals surface area contributed by atoms with Crippen LogP contribution >= 0.6 is 0 Å². The standard InChI is InChI=1S/C14H24N2O3/c1-14(2,7-8-15)6-5-12(17)16-11-4-3-10(9-11)13(18)19/h3-4,10-11H,5-9,15H2,1-2H3,(H,16,17)(H,18,19). The Balaban J connectivity index is 2.30. The zero-order valence-electron chi connectivity index (χ0n) is 11.7. The van der Waals surface area contributed by atoms with Gasteiger partial charge in [0.2, 0.25) is 5.91 Å². The summed E-state index contributed by atoms with van der Waals surface area (Å²) in [7, 11) is 0. The quantitative estimate of drug-likeness (QED) is 0.607. The van der Waals surface area contributed by atoms with E-state index in [1.807, 2.05) is 0 Å². The first-order chi connectivity index (χ1) is 8.84. The molecule has 19 heavy (non-hydrogen) atoms. The summed E-state index contributed by atoms with van der Waals surface area (Å²) in [4.78, 5) is 22.6. The van der Waals surface area contributed by atoms with Crippen molar-refractivity contribution in [3.8, 4) is 0 Å². The van der Waals surface area contributed by atoms with Crippen LogP contribution in [0.4, 0.5) is 0 Å². The van der Waals surface area contributed by atoms with Gasteiger partial charge in [-0.1, -0.05) is 26.0 Å². The number of amides is 1. The van der Waals surface area contributed by atoms with E-state index < -0.39 is 11.9 Å². The molecule has 1 aliphatic rings. The van der Waals surface area contributed by atoms with Gasteiger partial charge in [0.15, 0.2) is 0 Å². The lowest BCUT2D eigenvalue weighted by molar-refractivity contribution is -0.140. The molecule has 0 fully saturated rings. The minimum atomic E-state index is -0.836. The molecule has 0 aliphatic heterocycles. The minimum Gasteiger partial charge on any atom is -0.481 e. The van der Waals surface area contributed by atoms with Crippen LogP contribution < -0.4 is 11.1 Å². The van der Waals surface area contributed by atoms with Crippen molar-refractivity contribution in [2.24, 2.45) is 17.1 Å². The number of carboxylic acid groups (broad SMARTS) is 1. The summed E-state index contributed by atoms with van der Waals surface area (Å²) >= 11 is 0. The molecule has 0 heterocycles. The molecule has 1 amide bonds. The number of carboxylic acids is 1. The van der Waals surface area contributed by atoms with Crippen LogP contribution in [0.25, 0.3) is 0 Å². The smallest absolute Gasteiger partial charge is 0.310 e. The summed E-state index contributed by atoms with van der Waals surface area (Å²) in [5, 5.41) is 11.7. The fourth-order valence-electron chi connectivity index (χ4n) is 2.24. The van der Waals surface area contributed by atoms with Crippen LogP contribution in [0, 0.1) is 11.3 Å². The van der Waals surface area contributed by atoms with Crippen LogP contribution in [0.1, 0.15) is 39.5 Å². The zero-order chi connectivity index (χ0) is 14.5.